The van der Waals surface area contributed by atoms with E-state index in [0.717, 1.165) is 0 Å². The van der Waals surface area contributed by atoms with Crippen molar-refractivity contribution in [2.45, 2.75) is 44.1 Å². The maximum Gasteiger partial charge on any atom is 0.225 e. The Morgan fingerprint density at radius 3 is 2.47 bits per heavy atom. The van der Waals surface area contributed by atoms with E-state index < -0.39 is 16.8 Å². The first-order valence-electron chi connectivity index (χ1n) is 4.93. The molecule has 0 aromatic rings. The molecule has 0 aliphatic heterocycles. The van der Waals surface area contributed by atoms with Crippen molar-refractivity contribution >= 4 is 17.0 Å². The molecule has 0 bridgehead atoms. The van der Waals surface area contributed by atoms with Gasteiger partial charge in [0.25, 0.3) is 0 Å². The van der Waals surface area contributed by atoms with Gasteiger partial charge >= 0.3 is 0 Å². The van der Waals surface area contributed by atoms with Gasteiger partial charge in [-0.1, -0.05) is 0 Å². The van der Waals surface area contributed by atoms with Crippen LogP contribution in [0.25, 0.3) is 0 Å². The highest BCUT2D eigenvalue weighted by Gasteiger charge is 2.34. The molecule has 0 saturated heterocycles. The third-order valence-corrected chi connectivity index (χ3v) is 3.47. The van der Waals surface area contributed by atoms with E-state index in [-0.39, 0.29) is 17.1 Å². The predicted octanol–water partition coefficient (Wildman–Crippen LogP) is 0.221. The summed E-state index contributed by atoms with van der Waals surface area (Å²) in [5.41, 5.74) is -1.23. The molecule has 6 heteroatoms. The van der Waals surface area contributed by atoms with Crippen molar-refractivity contribution in [3.63, 3.8) is 0 Å². The van der Waals surface area contributed by atoms with Crippen LogP contribution in [-0.2, 0) is 15.9 Å². The number of carbonyl (C=O) groups is 1. The van der Waals surface area contributed by atoms with Gasteiger partial charge in [-0.2, -0.15) is 0 Å². The van der Waals surface area contributed by atoms with Gasteiger partial charge in [0.15, 0.2) is 11.1 Å². The molecule has 0 heterocycles. The van der Waals surface area contributed by atoms with Crippen molar-refractivity contribution in [3.05, 3.63) is 0 Å². The zero-order valence-electron chi connectivity index (χ0n) is 8.90. The van der Waals surface area contributed by atoms with Crippen molar-refractivity contribution < 1.29 is 18.7 Å². The smallest absolute Gasteiger partial charge is 0.225 e. The summed E-state index contributed by atoms with van der Waals surface area (Å²) < 4.78 is 19.7. The van der Waals surface area contributed by atoms with Gasteiger partial charge in [0, 0.05) is 5.92 Å². The number of nitrogens with one attached hydrogen (secondary N) is 1. The first-order valence-corrected chi connectivity index (χ1v) is 6.10. The number of aliphatic hydroxyl groups is 1. The van der Waals surface area contributed by atoms with E-state index >= 15 is 0 Å². The summed E-state index contributed by atoms with van der Waals surface area (Å²) in [7, 11) is 0. The summed E-state index contributed by atoms with van der Waals surface area (Å²) in [6.45, 7) is 2.98. The second-order valence-electron chi connectivity index (χ2n) is 4.46. The Morgan fingerprint density at radius 1 is 1.47 bits per heavy atom. The number of rotatable bonds is 3. The summed E-state index contributed by atoms with van der Waals surface area (Å²) >= 11 is -1.84. The molecule has 1 aliphatic carbocycles. The molecule has 0 aromatic carbocycles. The minimum absolute atomic E-state index is 0.240. The van der Waals surface area contributed by atoms with Gasteiger partial charge in [0.05, 0.1) is 5.25 Å². The van der Waals surface area contributed by atoms with E-state index in [0.29, 0.717) is 19.3 Å². The van der Waals surface area contributed by atoms with Crippen molar-refractivity contribution in [1.82, 2.24) is 5.32 Å². The highest BCUT2D eigenvalue weighted by Crippen LogP contribution is 2.29. The molecule has 0 radical (unpaired) electrons. The van der Waals surface area contributed by atoms with E-state index in [1.165, 1.54) is 13.8 Å². The minimum Gasteiger partial charge on any atom is -0.372 e. The monoisotopic (exact) mass is 235 g/mol. The third-order valence-electron chi connectivity index (χ3n) is 2.47. The van der Waals surface area contributed by atoms with Crippen LogP contribution >= 0.6 is 0 Å². The maximum atomic E-state index is 11.6. The SMILES string of the molecule is CC(C)(O)NC(=O)C1CCC(S(=O)O)C1. The fourth-order valence-corrected chi connectivity index (χ4v) is 2.50. The lowest BCUT2D eigenvalue weighted by molar-refractivity contribution is -0.130. The lowest BCUT2D eigenvalue weighted by Gasteiger charge is -2.21. The summed E-state index contributed by atoms with van der Waals surface area (Å²) in [5.74, 6) is -0.493. The van der Waals surface area contributed by atoms with Gasteiger partial charge in [-0.15, -0.1) is 0 Å². The van der Waals surface area contributed by atoms with Gasteiger partial charge < -0.3 is 15.0 Å². The van der Waals surface area contributed by atoms with Crippen LogP contribution in [0.15, 0.2) is 0 Å². The summed E-state index contributed by atoms with van der Waals surface area (Å²) in [5, 5.41) is 11.5. The molecule has 5 nitrogen and oxygen atoms in total. The van der Waals surface area contributed by atoms with Crippen LogP contribution in [0.1, 0.15) is 33.1 Å². The summed E-state index contributed by atoms with van der Waals surface area (Å²) in [6, 6.07) is 0. The molecule has 1 fully saturated rings. The van der Waals surface area contributed by atoms with E-state index in [9.17, 15) is 14.1 Å². The molecule has 1 amide bonds. The predicted molar refractivity (Wildman–Crippen MR) is 56.3 cm³/mol. The van der Waals surface area contributed by atoms with Gasteiger partial charge in [-0.25, -0.2) is 4.21 Å². The quantitative estimate of drug-likeness (QED) is 0.482. The Bertz CT molecular complexity index is 274. The third kappa shape index (κ3) is 3.89. The number of amides is 1. The molecule has 0 spiro atoms. The van der Waals surface area contributed by atoms with Crippen LogP contribution < -0.4 is 5.32 Å². The van der Waals surface area contributed by atoms with Gasteiger partial charge in [0.2, 0.25) is 5.91 Å². The Labute approximate surface area is 91.5 Å². The molecule has 3 atom stereocenters. The first kappa shape index (κ1) is 12.6. The molecule has 1 saturated carbocycles. The van der Waals surface area contributed by atoms with Crippen LogP contribution in [-0.4, -0.2) is 30.8 Å². The van der Waals surface area contributed by atoms with Crippen molar-refractivity contribution in [3.8, 4) is 0 Å². The molecule has 1 rings (SSSR count). The molecule has 88 valence electrons. The molecule has 3 unspecified atom stereocenters. The molecule has 0 aromatic heterocycles. The van der Waals surface area contributed by atoms with Gasteiger partial charge in [-0.3, -0.25) is 4.79 Å². The lowest BCUT2D eigenvalue weighted by atomic mass is 10.1. The Hall–Kier alpha value is -0.460. The van der Waals surface area contributed by atoms with E-state index in [2.05, 4.69) is 5.32 Å². The fourth-order valence-electron chi connectivity index (χ4n) is 1.76. The Kier molecular flexibility index (Phi) is 3.86. The zero-order chi connectivity index (χ0) is 11.6. The average Bonchev–Trinajstić information content (AvgIpc) is 2.47. The Morgan fingerprint density at radius 2 is 2.07 bits per heavy atom. The van der Waals surface area contributed by atoms with Crippen LogP contribution in [0.4, 0.5) is 0 Å². The van der Waals surface area contributed by atoms with Gasteiger partial charge in [-0.05, 0) is 33.1 Å². The molecule has 3 N–H and O–H groups in total. The maximum absolute atomic E-state index is 11.6. The zero-order valence-corrected chi connectivity index (χ0v) is 9.71. The number of hydrogen-bond acceptors (Lipinski definition) is 3. The van der Waals surface area contributed by atoms with Crippen LogP contribution in [0, 0.1) is 5.92 Å². The highest BCUT2D eigenvalue weighted by molar-refractivity contribution is 7.79. The van der Waals surface area contributed by atoms with E-state index in [1.807, 2.05) is 0 Å². The molecule has 15 heavy (non-hydrogen) atoms. The normalized spacial score (nSPS) is 28.8. The van der Waals surface area contributed by atoms with Crippen molar-refractivity contribution in [1.29, 1.82) is 0 Å². The Balaban J connectivity index is 2.47. The second-order valence-corrected chi connectivity index (χ2v) is 5.68. The topological polar surface area (TPSA) is 86.6 Å². The molecular weight excluding hydrogens is 218 g/mol. The lowest BCUT2D eigenvalue weighted by Crippen LogP contribution is -2.45. The van der Waals surface area contributed by atoms with E-state index in [4.69, 9.17) is 4.55 Å². The first-order chi connectivity index (χ1) is 6.79. The fraction of sp³-hybridized carbons (Fsp3) is 0.889. The minimum atomic E-state index is -1.84. The summed E-state index contributed by atoms with van der Waals surface area (Å²) in [6.07, 6.45) is 1.62. The van der Waals surface area contributed by atoms with Crippen molar-refractivity contribution in [2.24, 2.45) is 5.92 Å². The molecular formula is C9H17NO4S. The summed E-state index contributed by atoms with van der Waals surface area (Å²) in [4.78, 5) is 11.6. The van der Waals surface area contributed by atoms with E-state index in [1.54, 1.807) is 0 Å². The highest BCUT2D eigenvalue weighted by atomic mass is 32.2. The van der Waals surface area contributed by atoms with Gasteiger partial charge in [0.1, 0.15) is 5.72 Å². The largest absolute Gasteiger partial charge is 0.372 e. The standard InChI is InChI=1S/C9H17NO4S/c1-9(2,12)10-8(11)6-3-4-7(5-6)15(13)14/h6-7,12H,3-5H2,1-2H3,(H,10,11)(H,13,14). The molecule has 1 aliphatic rings. The van der Waals surface area contributed by atoms with Crippen LogP contribution in [0.3, 0.4) is 0 Å². The average molecular weight is 235 g/mol. The number of hydrogen-bond donors (Lipinski definition) is 3. The van der Waals surface area contributed by atoms with Crippen LogP contribution in [0.5, 0.6) is 0 Å². The second kappa shape index (κ2) is 4.59. The van der Waals surface area contributed by atoms with Crippen molar-refractivity contribution in [2.75, 3.05) is 0 Å². The number of carbonyl (C=O) groups excluding carboxylic acids is 1. The van der Waals surface area contributed by atoms with Crippen LogP contribution in [0.2, 0.25) is 0 Å².